The number of unbranched alkanes of at least 4 members (excludes halogenated alkanes) is 18. The lowest BCUT2D eigenvalue weighted by Crippen LogP contribution is -2.27. The average Bonchev–Trinajstić information content (AvgIpc) is 3.71. The first-order valence-corrected chi connectivity index (χ1v) is 28.9. The van der Waals surface area contributed by atoms with Crippen molar-refractivity contribution in [2.24, 2.45) is 0 Å². The number of para-hydroxylation sites is 2. The number of anilines is 2. The summed E-state index contributed by atoms with van der Waals surface area (Å²) < 4.78 is 2.48. The molecule has 0 unspecified atom stereocenters. The average molecular weight is 996 g/mol. The van der Waals surface area contributed by atoms with E-state index in [-0.39, 0.29) is 10.8 Å². The summed E-state index contributed by atoms with van der Waals surface area (Å²) in [5.74, 6) is 0. The summed E-state index contributed by atoms with van der Waals surface area (Å²) in [6.07, 6.45) is 37.1. The van der Waals surface area contributed by atoms with E-state index in [1.54, 1.807) is 0 Å². The van der Waals surface area contributed by atoms with E-state index < -0.39 is 0 Å². The highest BCUT2D eigenvalue weighted by molar-refractivity contribution is 6.31. The van der Waals surface area contributed by atoms with Crippen molar-refractivity contribution in [1.82, 2.24) is 4.58 Å². The Morgan fingerprint density at radius 1 is 0.479 bits per heavy atom. The van der Waals surface area contributed by atoms with E-state index in [9.17, 15) is 0 Å². The van der Waals surface area contributed by atoms with Crippen LogP contribution in [0.1, 0.15) is 201 Å². The Hall–Kier alpha value is -4.31. The molecule has 0 spiro atoms. The van der Waals surface area contributed by atoms with Gasteiger partial charge in [-0.15, -0.1) is 0 Å². The van der Waals surface area contributed by atoms with Crippen LogP contribution in [0.3, 0.4) is 0 Å². The minimum atomic E-state index is -0.217. The van der Waals surface area contributed by atoms with Crippen LogP contribution >= 0.6 is 23.2 Å². The second-order valence-corrected chi connectivity index (χ2v) is 22.5. The molecule has 0 saturated heterocycles. The number of fused-ring (bicyclic) bond motifs is 2. The fourth-order valence-electron chi connectivity index (χ4n) is 11.3. The summed E-state index contributed by atoms with van der Waals surface area (Å²) in [7, 11) is 0. The zero-order valence-corrected chi connectivity index (χ0v) is 46.9. The van der Waals surface area contributed by atoms with Crippen molar-refractivity contribution in [3.05, 3.63) is 165 Å². The number of hydrogen-bond acceptors (Lipinski definition) is 2. The molecule has 0 N–H and O–H groups in total. The normalized spacial score (nSPS) is 16.3. The molecule has 2 heterocycles. The topological polar surface area (TPSA) is 9.49 Å². The predicted octanol–water partition coefficient (Wildman–Crippen LogP) is 20.8. The van der Waals surface area contributed by atoms with Crippen LogP contribution in [0.15, 0.2) is 144 Å². The summed E-state index contributed by atoms with van der Waals surface area (Å²) in [5, 5.41) is 1.60. The maximum Gasteiger partial charge on any atom is 0.217 e. The van der Waals surface area contributed by atoms with E-state index in [1.807, 2.05) is 0 Å². The first-order valence-electron chi connectivity index (χ1n) is 28.2. The third-order valence-corrected chi connectivity index (χ3v) is 15.9. The molecule has 4 aromatic rings. The molecule has 2 aliphatic rings. The quantitative estimate of drug-likeness (QED) is 0.0305. The second kappa shape index (κ2) is 28.2. The lowest BCUT2D eigenvalue weighted by molar-refractivity contribution is 0.554. The van der Waals surface area contributed by atoms with Gasteiger partial charge >= 0.3 is 0 Å². The van der Waals surface area contributed by atoms with Crippen LogP contribution < -0.4 is 14.4 Å². The van der Waals surface area contributed by atoms with E-state index in [4.69, 9.17) is 23.2 Å². The van der Waals surface area contributed by atoms with Gasteiger partial charge in [0, 0.05) is 92.1 Å². The van der Waals surface area contributed by atoms with Gasteiger partial charge in [0.05, 0.1) is 0 Å². The number of rotatable bonds is 29. The fraction of sp³-hybridized carbons (Fsp3) is 0.500. The Balaban J connectivity index is 1.38. The molecule has 71 heavy (non-hydrogen) atoms. The van der Waals surface area contributed by atoms with Gasteiger partial charge in [-0.05, 0) is 85.9 Å². The van der Waals surface area contributed by atoms with Crippen molar-refractivity contribution in [3.63, 3.8) is 0 Å². The fourth-order valence-corrected chi connectivity index (χ4v) is 11.6. The van der Waals surface area contributed by atoms with Crippen molar-refractivity contribution in [1.29, 1.82) is 0 Å². The molecule has 5 heteroatoms. The molecule has 0 fully saturated rings. The third-order valence-electron chi connectivity index (χ3n) is 15.4. The smallest absolute Gasteiger partial charge is 0.217 e. The van der Waals surface area contributed by atoms with E-state index in [1.165, 1.54) is 179 Å². The van der Waals surface area contributed by atoms with Crippen LogP contribution in [0.25, 0.3) is 0 Å². The van der Waals surface area contributed by atoms with Crippen molar-refractivity contribution >= 4 is 51.7 Å². The van der Waals surface area contributed by atoms with Crippen LogP contribution in [-0.4, -0.2) is 18.8 Å². The molecule has 6 rings (SSSR count). The first-order chi connectivity index (χ1) is 34.4. The zero-order chi connectivity index (χ0) is 50.6. The lowest BCUT2D eigenvalue weighted by atomic mass is 9.83. The SMILES string of the molecule is CCCCCCCCCCCCN1C(=CC=C(C)C(/C(=C/C=C2/N(CCCCCCCCCCCC)c3ccc(Cl)cc3C2(C)C)CC)=[N+](c2ccccc2)c2ccccc2)C(C)(C)c2cc(Cl)ccc21. The minimum Gasteiger partial charge on any atom is -0.344 e. The molecule has 0 atom stereocenters. The summed E-state index contributed by atoms with van der Waals surface area (Å²) in [6, 6.07) is 34.9. The van der Waals surface area contributed by atoms with Gasteiger partial charge in [-0.1, -0.05) is 236 Å². The molecule has 0 aliphatic carbocycles. The van der Waals surface area contributed by atoms with Crippen LogP contribution in [0.5, 0.6) is 0 Å². The zero-order valence-electron chi connectivity index (χ0n) is 45.4. The predicted molar refractivity (Wildman–Crippen MR) is 315 cm³/mol. The Labute approximate surface area is 442 Å². The molecule has 0 saturated carbocycles. The van der Waals surface area contributed by atoms with Gasteiger partial charge in [0.15, 0.2) is 0 Å². The highest BCUT2D eigenvalue weighted by atomic mass is 35.5. The van der Waals surface area contributed by atoms with Gasteiger partial charge in [0.25, 0.3) is 0 Å². The van der Waals surface area contributed by atoms with E-state index >= 15 is 0 Å². The van der Waals surface area contributed by atoms with Gasteiger partial charge < -0.3 is 9.80 Å². The standard InChI is InChI=1S/C66H90Cl2N3/c1-9-12-14-16-18-20-22-24-26-34-48-69-60-44-42-54(67)50-58(60)65(5,6)62(69)46-40-52(4)64(71(56-36-30-28-31-37-56)57-38-32-29-33-39-57)53(11-3)41-47-63-66(7,8)59-51-55(68)43-45-61(59)70(63)49-35-27-25-23-21-19-17-15-13-10-2/h28-33,36-47,50-51H,9-27,34-35,48-49H2,1-8H3/q+1. The van der Waals surface area contributed by atoms with E-state index in [0.29, 0.717) is 0 Å². The Morgan fingerprint density at radius 3 is 1.23 bits per heavy atom. The highest BCUT2D eigenvalue weighted by Gasteiger charge is 2.41. The van der Waals surface area contributed by atoms with Crippen molar-refractivity contribution in [3.8, 4) is 0 Å². The first kappa shape index (κ1) is 56.0. The van der Waals surface area contributed by atoms with Crippen LogP contribution in [0, 0.1) is 0 Å². The summed E-state index contributed by atoms with van der Waals surface area (Å²) >= 11 is 13.5. The second-order valence-electron chi connectivity index (χ2n) is 21.6. The lowest BCUT2D eigenvalue weighted by Gasteiger charge is -2.27. The highest BCUT2D eigenvalue weighted by Crippen LogP contribution is 2.50. The minimum absolute atomic E-state index is 0.217. The summed E-state index contributed by atoms with van der Waals surface area (Å²) in [5.41, 5.74) is 13.4. The number of allylic oxidation sites excluding steroid dienone is 8. The molecular weight excluding hydrogens is 906 g/mol. The van der Waals surface area contributed by atoms with Crippen molar-refractivity contribution < 1.29 is 0 Å². The molecule has 0 aromatic heterocycles. The van der Waals surface area contributed by atoms with Crippen LogP contribution in [-0.2, 0) is 10.8 Å². The van der Waals surface area contributed by atoms with Gasteiger partial charge in [-0.3, -0.25) is 0 Å². The summed E-state index contributed by atoms with van der Waals surface area (Å²) in [4.78, 5) is 5.21. The Kier molecular flexibility index (Phi) is 22.3. The Bertz CT molecular complexity index is 2390. The monoisotopic (exact) mass is 995 g/mol. The van der Waals surface area contributed by atoms with Gasteiger partial charge in [0.1, 0.15) is 0 Å². The molecule has 0 radical (unpaired) electrons. The van der Waals surface area contributed by atoms with Crippen LogP contribution in [0.4, 0.5) is 22.7 Å². The number of nitrogens with zero attached hydrogens (tertiary/aromatic N) is 3. The van der Waals surface area contributed by atoms with E-state index in [0.717, 1.165) is 40.9 Å². The van der Waals surface area contributed by atoms with Crippen molar-refractivity contribution in [2.75, 3.05) is 22.9 Å². The van der Waals surface area contributed by atoms with Gasteiger partial charge in [-0.2, -0.15) is 4.58 Å². The maximum absolute atomic E-state index is 6.76. The van der Waals surface area contributed by atoms with Gasteiger partial charge in [0.2, 0.25) is 17.1 Å². The molecular formula is C66H90Cl2N3+. The molecule has 0 bridgehead atoms. The number of halogens is 2. The molecule has 3 nitrogen and oxygen atoms in total. The number of hydrogen-bond donors (Lipinski definition) is 0. The third kappa shape index (κ3) is 14.9. The molecule has 382 valence electrons. The van der Waals surface area contributed by atoms with Crippen molar-refractivity contribution in [2.45, 2.75) is 201 Å². The Morgan fingerprint density at radius 2 is 0.845 bits per heavy atom. The number of benzene rings is 4. The molecule has 4 aromatic carbocycles. The largest absolute Gasteiger partial charge is 0.344 e. The maximum atomic E-state index is 6.76. The van der Waals surface area contributed by atoms with Gasteiger partial charge in [-0.25, -0.2) is 0 Å². The van der Waals surface area contributed by atoms with E-state index in [2.05, 4.69) is 191 Å². The van der Waals surface area contributed by atoms with Crippen LogP contribution in [0.2, 0.25) is 10.0 Å². The summed E-state index contributed by atoms with van der Waals surface area (Å²) in [6.45, 7) is 20.7. The molecule has 2 aliphatic heterocycles. The molecule has 0 amide bonds.